The van der Waals surface area contributed by atoms with Crippen LogP contribution in [0.1, 0.15) is 0 Å². The molecule has 1 N–H and O–H groups in total. The Labute approximate surface area is 168 Å². The van der Waals surface area contributed by atoms with Gasteiger partial charge in [0.1, 0.15) is 11.5 Å². The third-order valence-corrected chi connectivity index (χ3v) is 4.75. The van der Waals surface area contributed by atoms with Crippen LogP contribution >= 0.6 is 27.7 Å². The van der Waals surface area contributed by atoms with Crippen molar-refractivity contribution in [2.75, 3.05) is 25.3 Å². The summed E-state index contributed by atoms with van der Waals surface area (Å²) < 4.78 is 17.0. The number of nitrogens with one attached hydrogen (secondary N) is 1. The number of aromatic nitrogens is 2. The third-order valence-electron chi connectivity index (χ3n) is 3.44. The summed E-state index contributed by atoms with van der Waals surface area (Å²) in [6.45, 7) is 0. The average molecular weight is 450 g/mol. The molecule has 1 heterocycles. The van der Waals surface area contributed by atoms with Gasteiger partial charge in [0.25, 0.3) is 5.22 Å². The van der Waals surface area contributed by atoms with Gasteiger partial charge in [-0.15, -0.1) is 10.2 Å². The second-order valence-electron chi connectivity index (χ2n) is 5.32. The maximum atomic E-state index is 12.1. The van der Waals surface area contributed by atoms with Crippen molar-refractivity contribution in [1.29, 1.82) is 0 Å². The number of amides is 1. The summed E-state index contributed by atoms with van der Waals surface area (Å²) in [5.41, 5.74) is 1.38. The van der Waals surface area contributed by atoms with Crippen LogP contribution in [0, 0.1) is 0 Å². The average Bonchev–Trinajstić information content (AvgIpc) is 3.15. The summed E-state index contributed by atoms with van der Waals surface area (Å²) in [7, 11) is 3.13. The van der Waals surface area contributed by atoms with Gasteiger partial charge in [0.05, 0.1) is 20.0 Å². The molecule has 27 heavy (non-hydrogen) atoms. The van der Waals surface area contributed by atoms with E-state index in [1.54, 1.807) is 32.4 Å². The number of halogens is 1. The Hall–Kier alpha value is -2.52. The molecule has 0 fully saturated rings. The predicted molar refractivity (Wildman–Crippen MR) is 106 cm³/mol. The zero-order chi connectivity index (χ0) is 19.2. The molecule has 0 aliphatic carbocycles. The Morgan fingerprint density at radius 1 is 1.15 bits per heavy atom. The monoisotopic (exact) mass is 449 g/mol. The minimum atomic E-state index is -0.166. The molecule has 0 saturated carbocycles. The standard InChI is InChI=1S/C18H16BrN3O4S/c1-24-14-6-11(7-15(9-14)25-2)17-21-22-18(26-17)27-10-16(23)20-13-5-3-4-12(19)8-13/h3-9H,10H2,1-2H3,(H,20,23). The van der Waals surface area contributed by atoms with Crippen LogP contribution in [-0.2, 0) is 4.79 Å². The molecule has 0 atom stereocenters. The molecule has 140 valence electrons. The lowest BCUT2D eigenvalue weighted by atomic mass is 10.2. The van der Waals surface area contributed by atoms with E-state index < -0.39 is 0 Å². The van der Waals surface area contributed by atoms with Crippen molar-refractivity contribution < 1.29 is 18.7 Å². The number of ether oxygens (including phenoxy) is 2. The van der Waals surface area contributed by atoms with Gasteiger partial charge >= 0.3 is 0 Å². The molecule has 9 heteroatoms. The van der Waals surface area contributed by atoms with Gasteiger partial charge in [0, 0.05) is 21.8 Å². The minimum Gasteiger partial charge on any atom is -0.497 e. The summed E-state index contributed by atoms with van der Waals surface area (Å²) in [6.07, 6.45) is 0. The summed E-state index contributed by atoms with van der Waals surface area (Å²) in [5, 5.41) is 11.1. The van der Waals surface area contributed by atoms with Crippen molar-refractivity contribution in [2.45, 2.75) is 5.22 Å². The maximum Gasteiger partial charge on any atom is 0.277 e. The first-order valence-electron chi connectivity index (χ1n) is 7.82. The van der Waals surface area contributed by atoms with Crippen molar-refractivity contribution in [1.82, 2.24) is 10.2 Å². The molecule has 2 aromatic carbocycles. The van der Waals surface area contributed by atoms with Gasteiger partial charge in [-0.05, 0) is 30.3 Å². The number of thioether (sulfide) groups is 1. The van der Waals surface area contributed by atoms with E-state index in [4.69, 9.17) is 13.9 Å². The molecule has 3 rings (SSSR count). The van der Waals surface area contributed by atoms with E-state index in [2.05, 4.69) is 31.4 Å². The van der Waals surface area contributed by atoms with Crippen LogP contribution < -0.4 is 14.8 Å². The van der Waals surface area contributed by atoms with E-state index in [0.717, 1.165) is 16.2 Å². The van der Waals surface area contributed by atoms with Crippen LogP contribution in [0.2, 0.25) is 0 Å². The summed E-state index contributed by atoms with van der Waals surface area (Å²) in [5.74, 6) is 1.54. The van der Waals surface area contributed by atoms with E-state index in [0.29, 0.717) is 33.9 Å². The molecule has 0 saturated heterocycles. The number of carbonyl (C=O) groups excluding carboxylic acids is 1. The first-order chi connectivity index (χ1) is 13.1. The Balaban J connectivity index is 1.63. The van der Waals surface area contributed by atoms with Crippen molar-refractivity contribution in [3.05, 3.63) is 46.9 Å². The van der Waals surface area contributed by atoms with Crippen molar-refractivity contribution in [2.24, 2.45) is 0 Å². The number of hydrogen-bond acceptors (Lipinski definition) is 7. The molecule has 0 aliphatic rings. The molecule has 0 radical (unpaired) electrons. The zero-order valence-electron chi connectivity index (χ0n) is 14.6. The molecule has 1 amide bonds. The van der Waals surface area contributed by atoms with Gasteiger partial charge in [-0.1, -0.05) is 33.8 Å². The molecule has 0 aliphatic heterocycles. The highest BCUT2D eigenvalue weighted by molar-refractivity contribution is 9.10. The van der Waals surface area contributed by atoms with E-state index in [1.165, 1.54) is 0 Å². The normalized spacial score (nSPS) is 10.5. The highest BCUT2D eigenvalue weighted by Crippen LogP contribution is 2.30. The fraction of sp³-hybridized carbons (Fsp3) is 0.167. The number of benzene rings is 2. The van der Waals surface area contributed by atoms with Crippen LogP contribution in [0.3, 0.4) is 0 Å². The van der Waals surface area contributed by atoms with Crippen LogP contribution in [0.15, 0.2) is 56.6 Å². The molecule has 3 aromatic rings. The summed E-state index contributed by atoms with van der Waals surface area (Å²) in [6, 6.07) is 12.7. The predicted octanol–water partition coefficient (Wildman–Crippen LogP) is 4.25. The lowest BCUT2D eigenvalue weighted by molar-refractivity contribution is -0.113. The van der Waals surface area contributed by atoms with Crippen molar-refractivity contribution in [3.8, 4) is 23.0 Å². The maximum absolute atomic E-state index is 12.1. The second kappa shape index (κ2) is 8.92. The number of hydrogen-bond donors (Lipinski definition) is 1. The molecular weight excluding hydrogens is 434 g/mol. The largest absolute Gasteiger partial charge is 0.497 e. The van der Waals surface area contributed by atoms with Gasteiger partial charge in [0.15, 0.2) is 0 Å². The van der Waals surface area contributed by atoms with Crippen LogP contribution in [0.4, 0.5) is 5.69 Å². The smallest absolute Gasteiger partial charge is 0.277 e. The van der Waals surface area contributed by atoms with E-state index in [1.807, 2.05) is 24.3 Å². The zero-order valence-corrected chi connectivity index (χ0v) is 17.0. The Morgan fingerprint density at radius 2 is 1.89 bits per heavy atom. The van der Waals surface area contributed by atoms with Gasteiger partial charge in [0.2, 0.25) is 11.8 Å². The van der Waals surface area contributed by atoms with Crippen LogP contribution in [0.25, 0.3) is 11.5 Å². The number of rotatable bonds is 7. The lowest BCUT2D eigenvalue weighted by Crippen LogP contribution is -2.13. The van der Waals surface area contributed by atoms with E-state index in [9.17, 15) is 4.79 Å². The molecule has 1 aromatic heterocycles. The number of nitrogens with zero attached hydrogens (tertiary/aromatic N) is 2. The highest BCUT2D eigenvalue weighted by atomic mass is 79.9. The summed E-state index contributed by atoms with van der Waals surface area (Å²) >= 11 is 4.53. The van der Waals surface area contributed by atoms with Gasteiger partial charge < -0.3 is 19.2 Å². The van der Waals surface area contributed by atoms with Crippen LogP contribution in [-0.4, -0.2) is 36.1 Å². The first-order valence-corrected chi connectivity index (χ1v) is 9.60. The Kier molecular flexibility index (Phi) is 6.36. The first kappa shape index (κ1) is 19.2. The molecule has 0 bridgehead atoms. The number of methoxy groups -OCH3 is 2. The highest BCUT2D eigenvalue weighted by Gasteiger charge is 2.13. The quantitative estimate of drug-likeness (QED) is 0.539. The third kappa shape index (κ3) is 5.24. The SMILES string of the molecule is COc1cc(OC)cc(-c2nnc(SCC(=O)Nc3cccc(Br)c3)o2)c1. The molecule has 0 unspecified atom stereocenters. The molecular formula is C18H16BrN3O4S. The summed E-state index contributed by atoms with van der Waals surface area (Å²) in [4.78, 5) is 12.1. The number of anilines is 1. The fourth-order valence-electron chi connectivity index (χ4n) is 2.21. The number of carbonyl (C=O) groups is 1. The molecule has 7 nitrogen and oxygen atoms in total. The second-order valence-corrected chi connectivity index (χ2v) is 7.16. The Bertz CT molecular complexity index is 926. The van der Waals surface area contributed by atoms with Gasteiger partial charge in [-0.3, -0.25) is 4.79 Å². The Morgan fingerprint density at radius 3 is 2.56 bits per heavy atom. The van der Waals surface area contributed by atoms with Crippen molar-refractivity contribution in [3.63, 3.8) is 0 Å². The van der Waals surface area contributed by atoms with Crippen molar-refractivity contribution >= 4 is 39.3 Å². The fourth-order valence-corrected chi connectivity index (χ4v) is 3.17. The lowest BCUT2D eigenvalue weighted by Gasteiger charge is -2.05. The van der Waals surface area contributed by atoms with Gasteiger partial charge in [-0.2, -0.15) is 0 Å². The minimum absolute atomic E-state index is 0.148. The van der Waals surface area contributed by atoms with E-state index >= 15 is 0 Å². The molecule has 0 spiro atoms. The van der Waals surface area contributed by atoms with E-state index in [-0.39, 0.29) is 11.7 Å². The van der Waals surface area contributed by atoms with Gasteiger partial charge in [-0.25, -0.2) is 0 Å². The topological polar surface area (TPSA) is 86.5 Å². The van der Waals surface area contributed by atoms with Crippen LogP contribution in [0.5, 0.6) is 11.5 Å².